The number of halogens is 3. The van der Waals surface area contributed by atoms with E-state index >= 15 is 0 Å². The molecule has 0 aliphatic rings. The van der Waals surface area contributed by atoms with Gasteiger partial charge >= 0.3 is 15.6 Å². The van der Waals surface area contributed by atoms with Crippen LogP contribution in [0.3, 0.4) is 0 Å². The summed E-state index contributed by atoms with van der Waals surface area (Å²) in [7, 11) is -5.77. The van der Waals surface area contributed by atoms with Crippen molar-refractivity contribution in [3.8, 4) is 28.1 Å². The second-order valence-electron chi connectivity index (χ2n) is 5.28. The van der Waals surface area contributed by atoms with Crippen LogP contribution >= 0.6 is 0 Å². The number of nitrogens with zero attached hydrogens (tertiary/aromatic N) is 1. The molecule has 4 nitrogen and oxygen atoms in total. The predicted octanol–water partition coefficient (Wildman–Crippen LogP) is 4.64. The number of hydrogen-bond donors (Lipinski definition) is 0. The van der Waals surface area contributed by atoms with E-state index in [9.17, 15) is 21.6 Å². The molecule has 0 aliphatic heterocycles. The van der Waals surface area contributed by atoms with Gasteiger partial charge in [0.1, 0.15) is 0 Å². The van der Waals surface area contributed by atoms with Crippen LogP contribution in [-0.2, 0) is 10.1 Å². The summed E-state index contributed by atoms with van der Waals surface area (Å²) < 4.78 is 65.2. The summed E-state index contributed by atoms with van der Waals surface area (Å²) in [5, 5.41) is 0. The molecule has 26 heavy (non-hydrogen) atoms. The third-order valence-corrected chi connectivity index (χ3v) is 4.47. The lowest BCUT2D eigenvalue weighted by atomic mass is 10.0. The second kappa shape index (κ2) is 6.80. The molecular formula is C18H12F3NO3S. The molecule has 0 bridgehead atoms. The van der Waals surface area contributed by atoms with E-state index in [1.165, 1.54) is 12.1 Å². The number of aromatic nitrogens is 1. The maximum atomic E-state index is 12.7. The van der Waals surface area contributed by atoms with Crippen LogP contribution in [0.1, 0.15) is 0 Å². The Morgan fingerprint density at radius 2 is 1.54 bits per heavy atom. The van der Waals surface area contributed by atoms with Gasteiger partial charge in [0.25, 0.3) is 0 Å². The number of benzene rings is 2. The van der Waals surface area contributed by atoms with Gasteiger partial charge in [-0.3, -0.25) is 4.98 Å². The molecule has 3 rings (SSSR count). The summed E-state index contributed by atoms with van der Waals surface area (Å²) in [6, 6.07) is 17.8. The first-order valence-electron chi connectivity index (χ1n) is 7.39. The molecule has 3 aromatic rings. The van der Waals surface area contributed by atoms with Gasteiger partial charge in [0.15, 0.2) is 5.75 Å². The molecule has 0 atom stereocenters. The van der Waals surface area contributed by atoms with Crippen molar-refractivity contribution in [3.63, 3.8) is 0 Å². The Bertz CT molecular complexity index is 1000. The maximum Gasteiger partial charge on any atom is 0.534 e. The van der Waals surface area contributed by atoms with Crippen molar-refractivity contribution < 1.29 is 25.8 Å². The first-order chi connectivity index (χ1) is 12.3. The van der Waals surface area contributed by atoms with Crippen LogP contribution in [0.25, 0.3) is 22.4 Å². The van der Waals surface area contributed by atoms with E-state index in [4.69, 9.17) is 0 Å². The minimum Gasteiger partial charge on any atom is -0.375 e. The Morgan fingerprint density at radius 3 is 2.15 bits per heavy atom. The van der Waals surface area contributed by atoms with Gasteiger partial charge in [-0.2, -0.15) is 21.6 Å². The SMILES string of the molecule is O=S(=O)(Oc1ccc(-c2ccccn2)cc1-c1ccccc1)C(F)(F)F. The predicted molar refractivity (Wildman–Crippen MR) is 90.7 cm³/mol. The second-order valence-corrected chi connectivity index (χ2v) is 6.81. The van der Waals surface area contributed by atoms with Gasteiger partial charge in [-0.1, -0.05) is 36.4 Å². The Hall–Kier alpha value is -2.87. The molecule has 134 valence electrons. The average Bonchev–Trinajstić information content (AvgIpc) is 2.62. The summed E-state index contributed by atoms with van der Waals surface area (Å²) >= 11 is 0. The van der Waals surface area contributed by atoms with Crippen molar-refractivity contribution in [3.05, 3.63) is 72.9 Å². The van der Waals surface area contributed by atoms with Crippen LogP contribution in [0, 0.1) is 0 Å². The van der Waals surface area contributed by atoms with Gasteiger partial charge < -0.3 is 4.18 Å². The smallest absolute Gasteiger partial charge is 0.375 e. The topological polar surface area (TPSA) is 56.3 Å². The molecule has 0 amide bonds. The third kappa shape index (κ3) is 3.70. The maximum absolute atomic E-state index is 12.7. The molecule has 0 saturated heterocycles. The lowest BCUT2D eigenvalue weighted by Crippen LogP contribution is -2.28. The fourth-order valence-electron chi connectivity index (χ4n) is 2.30. The van der Waals surface area contributed by atoms with E-state index in [1.54, 1.807) is 60.8 Å². The van der Waals surface area contributed by atoms with E-state index in [2.05, 4.69) is 9.17 Å². The molecule has 0 aliphatic carbocycles. The third-order valence-electron chi connectivity index (χ3n) is 3.51. The number of pyridine rings is 1. The molecular weight excluding hydrogens is 367 g/mol. The molecule has 0 unspecified atom stereocenters. The van der Waals surface area contributed by atoms with Gasteiger partial charge in [0, 0.05) is 17.3 Å². The van der Waals surface area contributed by atoms with Crippen LogP contribution in [0.5, 0.6) is 5.75 Å². The summed E-state index contributed by atoms with van der Waals surface area (Å²) in [5.41, 5.74) is -3.59. The molecule has 0 spiro atoms. The van der Waals surface area contributed by atoms with Crippen LogP contribution in [0.15, 0.2) is 72.9 Å². The van der Waals surface area contributed by atoms with E-state index in [-0.39, 0.29) is 5.56 Å². The molecule has 8 heteroatoms. The Labute approximate surface area is 148 Å². The zero-order chi connectivity index (χ0) is 18.8. The van der Waals surface area contributed by atoms with Crippen LogP contribution < -0.4 is 4.18 Å². The fourth-order valence-corrected chi connectivity index (χ4v) is 2.78. The molecule has 0 N–H and O–H groups in total. The van der Waals surface area contributed by atoms with Gasteiger partial charge in [-0.15, -0.1) is 0 Å². The minimum atomic E-state index is -5.77. The van der Waals surface area contributed by atoms with Crippen LogP contribution in [0.2, 0.25) is 0 Å². The highest BCUT2D eigenvalue weighted by Gasteiger charge is 2.48. The number of rotatable bonds is 4. The normalized spacial score (nSPS) is 12.0. The Kier molecular flexibility index (Phi) is 4.69. The van der Waals surface area contributed by atoms with E-state index in [0.717, 1.165) is 0 Å². The zero-order valence-corrected chi connectivity index (χ0v) is 14.0. The molecule has 2 aromatic carbocycles. The lowest BCUT2D eigenvalue weighted by Gasteiger charge is -2.14. The van der Waals surface area contributed by atoms with Crippen molar-refractivity contribution in [1.82, 2.24) is 4.98 Å². The van der Waals surface area contributed by atoms with E-state index in [0.29, 0.717) is 16.8 Å². The number of hydrogen-bond acceptors (Lipinski definition) is 4. The minimum absolute atomic E-state index is 0.210. The summed E-state index contributed by atoms with van der Waals surface area (Å²) in [6.45, 7) is 0. The summed E-state index contributed by atoms with van der Waals surface area (Å²) in [6.07, 6.45) is 1.58. The molecule has 1 aromatic heterocycles. The Balaban J connectivity index is 2.13. The van der Waals surface area contributed by atoms with Gasteiger partial charge in [-0.05, 0) is 35.9 Å². The molecule has 0 fully saturated rings. The van der Waals surface area contributed by atoms with Crippen molar-refractivity contribution in [1.29, 1.82) is 0 Å². The van der Waals surface area contributed by atoms with Gasteiger partial charge in [0.05, 0.1) is 5.69 Å². The first kappa shape index (κ1) is 17.9. The molecule has 0 saturated carbocycles. The summed E-state index contributed by atoms with van der Waals surface area (Å²) in [5.74, 6) is -0.409. The van der Waals surface area contributed by atoms with E-state index < -0.39 is 21.4 Å². The monoisotopic (exact) mass is 379 g/mol. The molecule has 1 heterocycles. The van der Waals surface area contributed by atoms with Crippen molar-refractivity contribution in [2.45, 2.75) is 5.51 Å². The van der Waals surface area contributed by atoms with E-state index in [1.807, 2.05) is 0 Å². The highest BCUT2D eigenvalue weighted by atomic mass is 32.2. The average molecular weight is 379 g/mol. The van der Waals surface area contributed by atoms with Crippen molar-refractivity contribution in [2.24, 2.45) is 0 Å². The Morgan fingerprint density at radius 1 is 0.846 bits per heavy atom. The van der Waals surface area contributed by atoms with Crippen LogP contribution in [0.4, 0.5) is 13.2 Å². The number of alkyl halides is 3. The molecule has 0 radical (unpaired) electrons. The summed E-state index contributed by atoms with van der Waals surface area (Å²) in [4.78, 5) is 4.19. The zero-order valence-electron chi connectivity index (χ0n) is 13.1. The fraction of sp³-hybridized carbons (Fsp3) is 0.0556. The highest BCUT2D eigenvalue weighted by Crippen LogP contribution is 2.36. The highest BCUT2D eigenvalue weighted by molar-refractivity contribution is 7.88. The van der Waals surface area contributed by atoms with Crippen LogP contribution in [-0.4, -0.2) is 18.9 Å². The first-order valence-corrected chi connectivity index (χ1v) is 8.80. The largest absolute Gasteiger partial charge is 0.534 e. The van der Waals surface area contributed by atoms with Crippen molar-refractivity contribution >= 4 is 10.1 Å². The van der Waals surface area contributed by atoms with Crippen molar-refractivity contribution in [2.75, 3.05) is 0 Å². The quantitative estimate of drug-likeness (QED) is 0.489. The van der Waals surface area contributed by atoms with Gasteiger partial charge in [-0.25, -0.2) is 0 Å². The van der Waals surface area contributed by atoms with Gasteiger partial charge in [0.2, 0.25) is 0 Å². The standard InChI is InChI=1S/C18H12F3NO3S/c19-18(20,21)26(23,24)25-17-10-9-14(16-8-4-5-11-22-16)12-15(17)13-6-2-1-3-7-13/h1-12H. The lowest BCUT2D eigenvalue weighted by molar-refractivity contribution is -0.0499.